The van der Waals surface area contributed by atoms with Gasteiger partial charge < -0.3 is 5.11 Å². The van der Waals surface area contributed by atoms with E-state index in [4.69, 9.17) is 16.7 Å². The molecule has 28 heavy (non-hydrogen) atoms. The number of hydrogen-bond donors (Lipinski definition) is 1. The number of benzene rings is 2. The van der Waals surface area contributed by atoms with Crippen molar-refractivity contribution in [1.29, 1.82) is 0 Å². The first kappa shape index (κ1) is 20.0. The third-order valence-electron chi connectivity index (χ3n) is 4.21. The van der Waals surface area contributed by atoms with Crippen molar-refractivity contribution in [3.8, 4) is 0 Å². The Morgan fingerprint density at radius 3 is 2.57 bits per heavy atom. The number of halogens is 4. The van der Waals surface area contributed by atoms with E-state index in [9.17, 15) is 22.8 Å². The zero-order valence-electron chi connectivity index (χ0n) is 14.3. The number of aliphatic hydroxyl groups is 1. The fraction of sp³-hybridized carbons (Fsp3) is 0.211. The largest absolute Gasteiger partial charge is 0.416 e. The summed E-state index contributed by atoms with van der Waals surface area (Å²) < 4.78 is 39.3. The molecule has 2 aromatic carbocycles. The smallest absolute Gasteiger partial charge is 0.394 e. The van der Waals surface area contributed by atoms with Crippen LogP contribution in [-0.4, -0.2) is 36.3 Å². The summed E-state index contributed by atoms with van der Waals surface area (Å²) in [5.74, 6) is -2.54. The molecular formula is C19H14ClF3N2O3. The fourth-order valence-electron chi connectivity index (χ4n) is 2.93. The molecule has 2 amide bonds. The van der Waals surface area contributed by atoms with E-state index in [0.717, 1.165) is 12.1 Å². The summed E-state index contributed by atoms with van der Waals surface area (Å²) in [6.45, 7) is -0.189. The van der Waals surface area contributed by atoms with Gasteiger partial charge >= 0.3 is 6.18 Å². The lowest BCUT2D eigenvalue weighted by Crippen LogP contribution is -2.45. The minimum absolute atomic E-state index is 0.0458. The van der Waals surface area contributed by atoms with Crippen LogP contribution in [0, 0.1) is 0 Å². The summed E-state index contributed by atoms with van der Waals surface area (Å²) in [7, 11) is 0. The molecule has 0 unspecified atom stereocenters. The van der Waals surface area contributed by atoms with Crippen LogP contribution in [0.25, 0.3) is 0 Å². The Bertz CT molecular complexity index is 960. The van der Waals surface area contributed by atoms with Gasteiger partial charge in [0.1, 0.15) is 0 Å². The Kier molecular flexibility index (Phi) is 5.53. The van der Waals surface area contributed by atoms with E-state index < -0.39 is 29.5 Å². The molecule has 1 aliphatic heterocycles. The number of aliphatic imine (C=N–C) groups is 1. The zero-order valence-corrected chi connectivity index (χ0v) is 15.0. The number of alkyl halides is 3. The second-order valence-corrected chi connectivity index (χ2v) is 6.39. The normalized spacial score (nSPS) is 17.3. The lowest BCUT2D eigenvalue weighted by Gasteiger charge is -2.31. The van der Waals surface area contributed by atoms with Crippen molar-refractivity contribution in [2.24, 2.45) is 4.99 Å². The van der Waals surface area contributed by atoms with Crippen molar-refractivity contribution in [2.45, 2.75) is 12.1 Å². The number of anilines is 1. The number of imide groups is 1. The lowest BCUT2D eigenvalue weighted by molar-refractivity contribution is -0.137. The van der Waals surface area contributed by atoms with Crippen molar-refractivity contribution in [3.63, 3.8) is 0 Å². The summed E-state index contributed by atoms with van der Waals surface area (Å²) in [6.07, 6.45) is -3.39. The predicted octanol–water partition coefficient (Wildman–Crippen LogP) is 3.69. The number of hydrogen-bond acceptors (Lipinski definition) is 4. The van der Waals surface area contributed by atoms with Gasteiger partial charge in [-0.3, -0.25) is 14.6 Å². The topological polar surface area (TPSA) is 70.0 Å². The van der Waals surface area contributed by atoms with Crippen molar-refractivity contribution in [3.05, 3.63) is 64.2 Å². The molecule has 0 aliphatic carbocycles. The van der Waals surface area contributed by atoms with Crippen LogP contribution in [0.3, 0.4) is 0 Å². The van der Waals surface area contributed by atoms with Crippen LogP contribution < -0.4 is 4.90 Å². The molecule has 0 spiro atoms. The average Bonchev–Trinajstić information content (AvgIpc) is 2.65. The van der Waals surface area contributed by atoms with Crippen LogP contribution >= 0.6 is 11.6 Å². The Morgan fingerprint density at radius 2 is 1.89 bits per heavy atom. The maximum Gasteiger partial charge on any atom is 0.416 e. The van der Waals surface area contributed by atoms with Crippen molar-refractivity contribution in [1.82, 2.24) is 0 Å². The molecule has 0 saturated heterocycles. The highest BCUT2D eigenvalue weighted by Gasteiger charge is 2.40. The van der Waals surface area contributed by atoms with E-state index in [-0.39, 0.29) is 29.4 Å². The molecule has 146 valence electrons. The number of amides is 2. The minimum Gasteiger partial charge on any atom is -0.394 e. The molecule has 1 heterocycles. The van der Waals surface area contributed by atoms with Gasteiger partial charge in [-0.1, -0.05) is 29.8 Å². The van der Waals surface area contributed by atoms with Crippen LogP contribution in [0.1, 0.15) is 27.4 Å². The second kappa shape index (κ2) is 7.73. The lowest BCUT2D eigenvalue weighted by atomic mass is 9.88. The molecule has 0 fully saturated rings. The summed E-state index contributed by atoms with van der Waals surface area (Å²) in [5, 5.41) is 8.72. The molecule has 0 aromatic heterocycles. The number of carbonyl (C=O) groups is 2. The first-order valence-corrected chi connectivity index (χ1v) is 8.58. The average molecular weight is 411 g/mol. The van der Waals surface area contributed by atoms with Gasteiger partial charge in [0.2, 0.25) is 5.91 Å². The molecule has 1 N–H and O–H groups in total. The monoisotopic (exact) mass is 410 g/mol. The fourth-order valence-corrected chi connectivity index (χ4v) is 3.13. The Morgan fingerprint density at radius 1 is 1.18 bits per heavy atom. The van der Waals surface area contributed by atoms with Gasteiger partial charge in [-0.2, -0.15) is 13.2 Å². The van der Waals surface area contributed by atoms with Gasteiger partial charge in [0.05, 0.1) is 35.3 Å². The molecule has 0 saturated carbocycles. The summed E-state index contributed by atoms with van der Waals surface area (Å²) in [4.78, 5) is 30.5. The Balaban J connectivity index is 2.15. The highest BCUT2D eigenvalue weighted by atomic mass is 35.5. The quantitative estimate of drug-likeness (QED) is 0.617. The Hall–Kier alpha value is -2.71. The van der Waals surface area contributed by atoms with Crippen molar-refractivity contribution >= 4 is 35.3 Å². The van der Waals surface area contributed by atoms with Gasteiger partial charge in [0, 0.05) is 11.8 Å². The van der Waals surface area contributed by atoms with E-state index in [0.29, 0.717) is 16.5 Å². The minimum atomic E-state index is -4.67. The maximum absolute atomic E-state index is 13.1. The first-order chi connectivity index (χ1) is 13.3. The maximum atomic E-state index is 13.1. The first-order valence-electron chi connectivity index (χ1n) is 8.20. The second-order valence-electron chi connectivity index (χ2n) is 5.99. The number of carbonyl (C=O) groups excluding carboxylic acids is 2. The van der Waals surface area contributed by atoms with E-state index in [1.165, 1.54) is 12.3 Å². The molecule has 0 radical (unpaired) electrons. The summed E-state index contributed by atoms with van der Waals surface area (Å²) in [5.41, 5.74) is -0.826. The number of aliphatic hydroxyl groups excluding tert-OH is 1. The van der Waals surface area contributed by atoms with Crippen LogP contribution in [-0.2, 0) is 11.0 Å². The molecule has 2 aromatic rings. The van der Waals surface area contributed by atoms with Crippen LogP contribution in [0.5, 0.6) is 0 Å². The highest BCUT2D eigenvalue weighted by molar-refractivity contribution is 6.37. The SMILES string of the molecule is O=C1c2ccccc2[C@@H](C=NCCO)C(=O)N1c1cc(C(F)(F)F)ccc1Cl. The van der Waals surface area contributed by atoms with Gasteiger partial charge in [-0.05, 0) is 29.8 Å². The standard InChI is InChI=1S/C19H14ClF3N2O3/c20-15-6-5-11(19(21,22)23)9-16(15)25-17(27)13-4-2-1-3-12(13)14(18(25)28)10-24-7-8-26/h1-6,9-10,14,26H,7-8H2/t14-/m1/s1. The van der Waals surface area contributed by atoms with Crippen LogP contribution in [0.4, 0.5) is 18.9 Å². The van der Waals surface area contributed by atoms with Gasteiger partial charge in [-0.15, -0.1) is 0 Å². The van der Waals surface area contributed by atoms with E-state index in [2.05, 4.69) is 4.99 Å². The van der Waals surface area contributed by atoms with Gasteiger partial charge in [0.15, 0.2) is 0 Å². The summed E-state index contributed by atoms with van der Waals surface area (Å²) in [6, 6.07) is 8.72. The van der Waals surface area contributed by atoms with Gasteiger partial charge in [-0.25, -0.2) is 4.90 Å². The molecule has 1 atom stereocenters. The molecule has 1 aliphatic rings. The number of fused-ring (bicyclic) bond motifs is 1. The molecular weight excluding hydrogens is 397 g/mol. The van der Waals surface area contributed by atoms with E-state index in [1.807, 2.05) is 0 Å². The molecule has 3 rings (SSSR count). The predicted molar refractivity (Wildman–Crippen MR) is 97.9 cm³/mol. The van der Waals surface area contributed by atoms with Gasteiger partial charge in [0.25, 0.3) is 5.91 Å². The Labute approximate surface area is 163 Å². The van der Waals surface area contributed by atoms with Crippen LogP contribution in [0.15, 0.2) is 47.5 Å². The summed E-state index contributed by atoms with van der Waals surface area (Å²) >= 11 is 6.03. The van der Waals surface area contributed by atoms with Crippen LogP contribution in [0.2, 0.25) is 5.02 Å². The number of rotatable bonds is 4. The molecule has 9 heteroatoms. The molecule has 5 nitrogen and oxygen atoms in total. The highest BCUT2D eigenvalue weighted by Crippen LogP contribution is 2.39. The molecule has 0 bridgehead atoms. The number of nitrogens with zero attached hydrogens (tertiary/aromatic N) is 2. The third kappa shape index (κ3) is 3.65. The third-order valence-corrected chi connectivity index (χ3v) is 4.53. The van der Waals surface area contributed by atoms with E-state index in [1.54, 1.807) is 18.2 Å². The van der Waals surface area contributed by atoms with Crippen molar-refractivity contribution < 1.29 is 27.9 Å². The zero-order chi connectivity index (χ0) is 20.5. The van der Waals surface area contributed by atoms with E-state index >= 15 is 0 Å². The van der Waals surface area contributed by atoms with Crippen molar-refractivity contribution in [2.75, 3.05) is 18.1 Å².